The third-order valence-electron chi connectivity index (χ3n) is 4.57. The summed E-state index contributed by atoms with van der Waals surface area (Å²) in [6.07, 6.45) is -3.38. The fraction of sp³-hybridized carbons (Fsp3) is 0.211. The summed E-state index contributed by atoms with van der Waals surface area (Å²) >= 11 is 5.81. The predicted molar refractivity (Wildman–Crippen MR) is 101 cm³/mol. The summed E-state index contributed by atoms with van der Waals surface area (Å²) in [6, 6.07) is 7.80. The van der Waals surface area contributed by atoms with Gasteiger partial charge in [-0.2, -0.15) is 18.3 Å². The Bertz CT molecular complexity index is 1150. The molecule has 3 aromatic rings. The largest absolute Gasteiger partial charge is 0.454 e. The number of nitrogens with zero attached hydrogens (tertiary/aromatic N) is 4. The molecule has 1 aromatic carbocycles. The van der Waals surface area contributed by atoms with E-state index in [1.807, 2.05) is 0 Å². The highest BCUT2D eigenvalue weighted by molar-refractivity contribution is 6.32. The highest BCUT2D eigenvalue weighted by Crippen LogP contribution is 2.37. The molecule has 0 bridgehead atoms. The van der Waals surface area contributed by atoms with Crippen LogP contribution in [0.3, 0.4) is 0 Å². The average molecular weight is 439 g/mol. The van der Waals surface area contributed by atoms with Crippen molar-refractivity contribution in [2.24, 2.45) is 0 Å². The normalized spacial score (nSPS) is 12.9. The molecule has 0 atom stereocenters. The van der Waals surface area contributed by atoms with Gasteiger partial charge in [-0.15, -0.1) is 0 Å². The molecule has 0 saturated carbocycles. The molecule has 0 N–H and O–H groups in total. The topological polar surface area (TPSA) is 69.5 Å². The molecule has 3 heterocycles. The van der Waals surface area contributed by atoms with Gasteiger partial charge < -0.3 is 14.4 Å². The van der Waals surface area contributed by atoms with Gasteiger partial charge in [-0.25, -0.2) is 4.68 Å². The van der Waals surface area contributed by atoms with Crippen LogP contribution in [0, 0.1) is 6.92 Å². The molecule has 0 radical (unpaired) electrons. The smallest absolute Gasteiger partial charge is 0.436 e. The van der Waals surface area contributed by atoms with E-state index < -0.39 is 22.8 Å². The molecule has 1 aliphatic rings. The van der Waals surface area contributed by atoms with Crippen LogP contribution < -0.4 is 14.4 Å². The third kappa shape index (κ3) is 3.43. The Balaban J connectivity index is 1.66. The number of rotatable bonds is 3. The quantitative estimate of drug-likeness (QED) is 0.611. The van der Waals surface area contributed by atoms with E-state index in [9.17, 15) is 18.0 Å². The lowest BCUT2D eigenvalue weighted by atomic mass is 10.2. The van der Waals surface area contributed by atoms with Gasteiger partial charge in [-0.3, -0.25) is 9.78 Å². The van der Waals surface area contributed by atoms with Gasteiger partial charge in [0.25, 0.3) is 5.91 Å². The number of hydrogen-bond acceptors (Lipinski definition) is 5. The van der Waals surface area contributed by atoms with Crippen LogP contribution in [0.1, 0.15) is 21.9 Å². The molecule has 1 amide bonds. The average Bonchev–Trinajstić information content (AvgIpc) is 3.31. The maximum atomic E-state index is 13.1. The van der Waals surface area contributed by atoms with Crippen LogP contribution in [-0.4, -0.2) is 34.5 Å². The van der Waals surface area contributed by atoms with Crippen molar-refractivity contribution < 1.29 is 27.4 Å². The zero-order chi connectivity index (χ0) is 21.6. The molecule has 0 unspecified atom stereocenters. The third-order valence-corrected chi connectivity index (χ3v) is 5.02. The van der Waals surface area contributed by atoms with E-state index in [4.69, 9.17) is 21.1 Å². The van der Waals surface area contributed by atoms with Crippen molar-refractivity contribution in [2.45, 2.75) is 13.1 Å². The summed E-state index contributed by atoms with van der Waals surface area (Å²) in [7, 11) is 1.55. The number of hydrogen-bond donors (Lipinski definition) is 0. The van der Waals surface area contributed by atoms with Crippen molar-refractivity contribution in [1.82, 2.24) is 14.8 Å². The molecule has 4 rings (SSSR count). The van der Waals surface area contributed by atoms with E-state index in [0.717, 1.165) is 4.68 Å². The van der Waals surface area contributed by atoms with Crippen molar-refractivity contribution in [3.63, 3.8) is 0 Å². The number of halogens is 4. The summed E-state index contributed by atoms with van der Waals surface area (Å²) in [5, 5.41) is 3.07. The summed E-state index contributed by atoms with van der Waals surface area (Å²) in [6.45, 7) is 1.51. The molecule has 11 heteroatoms. The van der Waals surface area contributed by atoms with Gasteiger partial charge in [-0.05, 0) is 31.2 Å². The number of pyridine rings is 1. The van der Waals surface area contributed by atoms with Crippen LogP contribution in [0.5, 0.6) is 11.5 Å². The van der Waals surface area contributed by atoms with Crippen LogP contribution in [0.25, 0.3) is 5.69 Å². The van der Waals surface area contributed by atoms with E-state index >= 15 is 0 Å². The standard InChI is InChI=1S/C19H14ClF3N4O3/c1-10-16(20)17(19(21,22)23)25-27(10)12-5-6-24-13(7-12)18(28)26(2)11-3-4-14-15(8-11)30-9-29-14/h3-8H,9H2,1-2H3. The molecule has 0 saturated heterocycles. The number of carbonyl (C=O) groups is 1. The van der Waals surface area contributed by atoms with Crippen LogP contribution >= 0.6 is 11.6 Å². The second-order valence-electron chi connectivity index (χ2n) is 6.46. The lowest BCUT2D eigenvalue weighted by Crippen LogP contribution is -2.27. The molecule has 156 valence electrons. The van der Waals surface area contributed by atoms with Crippen molar-refractivity contribution in [3.05, 3.63) is 58.6 Å². The minimum absolute atomic E-state index is 0.0206. The molecule has 1 aliphatic heterocycles. The van der Waals surface area contributed by atoms with E-state index in [0.29, 0.717) is 17.2 Å². The molecule has 30 heavy (non-hydrogen) atoms. The van der Waals surface area contributed by atoms with Gasteiger partial charge in [-0.1, -0.05) is 11.6 Å². The number of amides is 1. The molecular formula is C19H14ClF3N4O3. The Labute approximate surface area is 173 Å². The lowest BCUT2D eigenvalue weighted by Gasteiger charge is -2.17. The van der Waals surface area contributed by atoms with E-state index in [1.54, 1.807) is 25.2 Å². The van der Waals surface area contributed by atoms with Gasteiger partial charge >= 0.3 is 6.18 Å². The molecule has 2 aromatic heterocycles. The monoisotopic (exact) mass is 438 g/mol. The highest BCUT2D eigenvalue weighted by Gasteiger charge is 2.38. The molecular weight excluding hydrogens is 425 g/mol. The molecule has 0 aliphatic carbocycles. The second-order valence-corrected chi connectivity index (χ2v) is 6.84. The van der Waals surface area contributed by atoms with Gasteiger partial charge in [0, 0.05) is 25.0 Å². The number of benzene rings is 1. The van der Waals surface area contributed by atoms with E-state index in [1.165, 1.54) is 30.2 Å². The van der Waals surface area contributed by atoms with E-state index in [-0.39, 0.29) is 23.9 Å². The van der Waals surface area contributed by atoms with Gasteiger partial charge in [0.1, 0.15) is 5.69 Å². The number of ether oxygens (including phenoxy) is 2. The number of fused-ring (bicyclic) bond motifs is 1. The fourth-order valence-corrected chi connectivity index (χ4v) is 3.19. The zero-order valence-corrected chi connectivity index (χ0v) is 16.5. The number of carbonyl (C=O) groups excluding carboxylic acids is 1. The van der Waals surface area contributed by atoms with Crippen molar-refractivity contribution in [3.8, 4) is 17.2 Å². The van der Waals surface area contributed by atoms with Gasteiger partial charge in [0.05, 0.1) is 16.4 Å². The predicted octanol–water partition coefficient (Wildman–Crippen LogP) is 4.25. The SMILES string of the molecule is Cc1c(Cl)c(C(F)(F)F)nn1-c1ccnc(C(=O)N(C)c2ccc3c(c2)OCO3)c1. The van der Waals surface area contributed by atoms with Crippen molar-refractivity contribution >= 4 is 23.2 Å². The van der Waals surface area contributed by atoms with Crippen LogP contribution in [-0.2, 0) is 6.18 Å². The first-order valence-corrected chi connectivity index (χ1v) is 9.01. The van der Waals surface area contributed by atoms with Crippen LogP contribution in [0.2, 0.25) is 5.02 Å². The Kier molecular flexibility index (Phi) is 4.81. The minimum Gasteiger partial charge on any atom is -0.454 e. The summed E-state index contributed by atoms with van der Waals surface area (Å²) in [5.74, 6) is 0.615. The Morgan fingerprint density at radius 3 is 2.63 bits per heavy atom. The number of aromatic nitrogens is 3. The van der Waals surface area contributed by atoms with E-state index in [2.05, 4.69) is 10.1 Å². The Morgan fingerprint density at radius 2 is 1.93 bits per heavy atom. The van der Waals surface area contributed by atoms with Crippen molar-refractivity contribution in [1.29, 1.82) is 0 Å². The Hall–Kier alpha value is -3.27. The second kappa shape index (κ2) is 7.21. The van der Waals surface area contributed by atoms with Crippen LogP contribution in [0.4, 0.5) is 18.9 Å². The fourth-order valence-electron chi connectivity index (χ4n) is 2.97. The zero-order valence-electron chi connectivity index (χ0n) is 15.7. The summed E-state index contributed by atoms with van der Waals surface area (Å²) in [4.78, 5) is 18.3. The summed E-state index contributed by atoms with van der Waals surface area (Å²) in [5.41, 5.74) is -0.315. The molecule has 7 nitrogen and oxygen atoms in total. The number of anilines is 1. The van der Waals surface area contributed by atoms with Gasteiger partial charge in [0.2, 0.25) is 6.79 Å². The highest BCUT2D eigenvalue weighted by atomic mass is 35.5. The number of alkyl halides is 3. The first-order chi connectivity index (χ1) is 14.2. The summed E-state index contributed by atoms with van der Waals surface area (Å²) < 4.78 is 50.9. The maximum Gasteiger partial charge on any atom is 0.436 e. The first-order valence-electron chi connectivity index (χ1n) is 8.63. The lowest BCUT2D eigenvalue weighted by molar-refractivity contribution is -0.141. The Morgan fingerprint density at radius 1 is 1.20 bits per heavy atom. The van der Waals surface area contributed by atoms with Crippen molar-refractivity contribution in [2.75, 3.05) is 18.7 Å². The molecule has 0 fully saturated rings. The first kappa shape index (κ1) is 20.0. The van der Waals surface area contributed by atoms with Crippen LogP contribution in [0.15, 0.2) is 36.5 Å². The van der Waals surface area contributed by atoms with Gasteiger partial charge in [0.15, 0.2) is 17.2 Å². The minimum atomic E-state index is -4.70. The maximum absolute atomic E-state index is 13.1. The molecule has 0 spiro atoms.